The van der Waals surface area contributed by atoms with Gasteiger partial charge in [0.05, 0.1) is 14.1 Å². The highest BCUT2D eigenvalue weighted by Gasteiger charge is 2.36. The third-order valence-electron chi connectivity index (χ3n) is 2.55. The minimum atomic E-state index is -0.0538. The smallest absolute Gasteiger partial charge is 0.153 e. The van der Waals surface area contributed by atoms with Crippen molar-refractivity contribution in [1.82, 2.24) is 0 Å². The van der Waals surface area contributed by atoms with Crippen molar-refractivity contribution in [2.24, 2.45) is 5.29 Å². The summed E-state index contributed by atoms with van der Waals surface area (Å²) in [7, 11) is 3.63. The van der Waals surface area contributed by atoms with E-state index in [1.807, 2.05) is 27.9 Å². The van der Waals surface area contributed by atoms with E-state index in [9.17, 15) is 4.91 Å². The maximum Gasteiger partial charge on any atom is 0.153 e. The molecule has 0 saturated heterocycles. The maximum absolute atomic E-state index is 10.4. The zero-order valence-corrected chi connectivity index (χ0v) is 7.51. The van der Waals surface area contributed by atoms with Gasteiger partial charge in [0.1, 0.15) is 5.54 Å². The molecule has 0 N–H and O–H groups in total. The molecule has 0 aromatic carbocycles. The summed E-state index contributed by atoms with van der Waals surface area (Å²) >= 11 is 0. The first-order valence-corrected chi connectivity index (χ1v) is 3.56. The Morgan fingerprint density at radius 3 is 1.90 bits per heavy atom. The van der Waals surface area contributed by atoms with Crippen molar-refractivity contribution < 1.29 is 4.59 Å². The minimum Gasteiger partial charge on any atom is -0.161 e. The van der Waals surface area contributed by atoms with Crippen molar-refractivity contribution in [3.8, 4) is 0 Å². The predicted molar refractivity (Wildman–Crippen MR) is 42.3 cm³/mol. The topological polar surface area (TPSA) is 29.4 Å². The van der Waals surface area contributed by atoms with Crippen molar-refractivity contribution in [1.29, 1.82) is 0 Å². The van der Waals surface area contributed by atoms with E-state index in [1.165, 1.54) is 0 Å². The number of quaternary nitrogens is 1. The zero-order chi connectivity index (χ0) is 8.41. The normalized spacial score (nSPS) is 13.3. The Morgan fingerprint density at radius 2 is 1.80 bits per heavy atom. The molecule has 0 amide bonds. The molecule has 0 aliphatic rings. The van der Waals surface area contributed by atoms with Gasteiger partial charge in [-0.3, -0.25) is 0 Å². The van der Waals surface area contributed by atoms with E-state index < -0.39 is 0 Å². The van der Waals surface area contributed by atoms with Gasteiger partial charge in [-0.1, -0.05) is 11.8 Å². The first-order valence-electron chi connectivity index (χ1n) is 3.56. The molecule has 0 unspecified atom stereocenters. The second-order valence-electron chi connectivity index (χ2n) is 3.64. The Balaban J connectivity index is 4.43. The lowest BCUT2D eigenvalue weighted by atomic mass is 10.00. The molecule has 0 bridgehead atoms. The van der Waals surface area contributed by atoms with Crippen molar-refractivity contribution in [3.63, 3.8) is 0 Å². The number of rotatable bonds is 3. The van der Waals surface area contributed by atoms with Gasteiger partial charge in [-0.25, -0.2) is 0 Å². The molecule has 0 spiro atoms. The Bertz CT molecular complexity index is 130. The van der Waals surface area contributed by atoms with Gasteiger partial charge >= 0.3 is 0 Å². The molecule has 0 atom stereocenters. The molecule has 60 valence electrons. The minimum absolute atomic E-state index is 0.0538. The summed E-state index contributed by atoms with van der Waals surface area (Å²) in [6, 6.07) is 0. The van der Waals surface area contributed by atoms with Gasteiger partial charge in [0.15, 0.2) is 5.29 Å². The lowest BCUT2D eigenvalue weighted by Gasteiger charge is -2.34. The summed E-state index contributed by atoms with van der Waals surface area (Å²) in [5, 5.41) is 3.05. The van der Waals surface area contributed by atoms with Crippen LogP contribution in [0.2, 0.25) is 0 Å². The Morgan fingerprint density at radius 1 is 1.40 bits per heavy atom. The van der Waals surface area contributed by atoms with Crippen LogP contribution in [-0.4, -0.2) is 24.2 Å². The quantitative estimate of drug-likeness (QED) is 0.339. The van der Waals surface area contributed by atoms with E-state index in [0.717, 1.165) is 6.42 Å². The molecule has 3 nitrogen and oxygen atoms in total. The summed E-state index contributed by atoms with van der Waals surface area (Å²) in [4.78, 5) is 10.4. The highest BCUT2D eigenvalue weighted by Crippen LogP contribution is 2.23. The van der Waals surface area contributed by atoms with E-state index >= 15 is 0 Å². The highest BCUT2D eigenvalue weighted by atomic mass is 16.3. The number of hydrogen-bond acceptors (Lipinski definition) is 2. The van der Waals surface area contributed by atoms with Crippen LogP contribution in [0.1, 0.15) is 27.2 Å². The van der Waals surface area contributed by atoms with Crippen molar-refractivity contribution in [2.75, 3.05) is 14.1 Å². The number of hydrogen-bond donors (Lipinski definition) is 0. The van der Waals surface area contributed by atoms with E-state index in [-0.39, 0.29) is 10.1 Å². The van der Waals surface area contributed by atoms with Gasteiger partial charge < -0.3 is 0 Å². The SMILES string of the molecule is CCC(C)(C)[N+](C)(C)N=O. The summed E-state index contributed by atoms with van der Waals surface area (Å²) in [6.45, 7) is 6.13. The van der Waals surface area contributed by atoms with Gasteiger partial charge in [-0.05, 0) is 13.8 Å². The molecule has 0 saturated carbocycles. The lowest BCUT2D eigenvalue weighted by molar-refractivity contribution is -0.946. The molecule has 3 heteroatoms. The van der Waals surface area contributed by atoms with Crippen LogP contribution in [0, 0.1) is 4.91 Å². The maximum atomic E-state index is 10.4. The average Bonchev–Trinajstić information content (AvgIpc) is 1.88. The van der Waals surface area contributed by atoms with Gasteiger partial charge in [0, 0.05) is 6.42 Å². The summed E-state index contributed by atoms with van der Waals surface area (Å²) in [5.74, 6) is 0. The average molecular weight is 145 g/mol. The fourth-order valence-corrected chi connectivity index (χ4v) is 0.497. The Kier molecular flexibility index (Phi) is 2.54. The van der Waals surface area contributed by atoms with Crippen LogP contribution in [0.5, 0.6) is 0 Å². The van der Waals surface area contributed by atoms with E-state index in [1.54, 1.807) is 0 Å². The third kappa shape index (κ3) is 1.53. The van der Waals surface area contributed by atoms with Crippen LogP contribution >= 0.6 is 0 Å². The number of nitroso groups, excluding NO2 is 1. The molecule has 0 aromatic rings. The largest absolute Gasteiger partial charge is 0.161 e. The Labute approximate surface area is 62.6 Å². The first kappa shape index (κ1) is 9.56. The second kappa shape index (κ2) is 2.66. The fourth-order valence-electron chi connectivity index (χ4n) is 0.497. The van der Waals surface area contributed by atoms with E-state index in [0.29, 0.717) is 0 Å². The molecular formula is C7H17N2O+. The fraction of sp³-hybridized carbons (Fsp3) is 1.00. The second-order valence-corrected chi connectivity index (χ2v) is 3.64. The van der Waals surface area contributed by atoms with Crippen LogP contribution in [0.4, 0.5) is 0 Å². The first-order chi connectivity index (χ1) is 4.37. The van der Waals surface area contributed by atoms with Gasteiger partial charge in [-0.2, -0.15) is 4.59 Å². The molecule has 0 aliphatic heterocycles. The molecular weight excluding hydrogens is 128 g/mol. The molecule has 0 aromatic heterocycles. The van der Waals surface area contributed by atoms with Crippen molar-refractivity contribution in [3.05, 3.63) is 4.91 Å². The van der Waals surface area contributed by atoms with Crippen LogP contribution in [-0.2, 0) is 0 Å². The monoisotopic (exact) mass is 145 g/mol. The van der Waals surface area contributed by atoms with Crippen LogP contribution in [0.15, 0.2) is 5.29 Å². The third-order valence-corrected chi connectivity index (χ3v) is 2.55. The summed E-state index contributed by atoms with van der Waals surface area (Å²) in [5.41, 5.74) is -0.0538. The molecule has 0 radical (unpaired) electrons. The van der Waals surface area contributed by atoms with Crippen molar-refractivity contribution in [2.45, 2.75) is 32.7 Å². The molecule has 0 heterocycles. The van der Waals surface area contributed by atoms with E-state index in [4.69, 9.17) is 0 Å². The molecule has 0 rings (SSSR count). The Hall–Kier alpha value is -0.440. The van der Waals surface area contributed by atoms with Crippen LogP contribution in [0.3, 0.4) is 0 Å². The van der Waals surface area contributed by atoms with Gasteiger partial charge in [0.2, 0.25) is 0 Å². The number of nitrogens with zero attached hydrogens (tertiary/aromatic N) is 2. The summed E-state index contributed by atoms with van der Waals surface area (Å²) in [6.07, 6.45) is 0.950. The van der Waals surface area contributed by atoms with Gasteiger partial charge in [0.25, 0.3) is 0 Å². The highest BCUT2D eigenvalue weighted by molar-refractivity contribution is 4.64. The summed E-state index contributed by atoms with van der Waals surface area (Å²) < 4.78 is 0.184. The molecule has 0 aliphatic carbocycles. The molecule has 10 heavy (non-hydrogen) atoms. The van der Waals surface area contributed by atoms with Gasteiger partial charge in [-0.15, -0.1) is 0 Å². The molecule has 0 fully saturated rings. The lowest BCUT2D eigenvalue weighted by Crippen LogP contribution is -2.51. The predicted octanol–water partition coefficient (Wildman–Crippen LogP) is 1.93. The van der Waals surface area contributed by atoms with Crippen LogP contribution in [0.25, 0.3) is 0 Å². The van der Waals surface area contributed by atoms with Crippen LogP contribution < -0.4 is 0 Å². The zero-order valence-electron chi connectivity index (χ0n) is 7.51. The van der Waals surface area contributed by atoms with Crippen molar-refractivity contribution >= 4 is 0 Å². The van der Waals surface area contributed by atoms with E-state index in [2.05, 4.69) is 12.2 Å². The standard InChI is InChI=1S/C7H17N2O/c1-6-7(2,3)9(4,5)8-10/h6H2,1-5H3/q+1.